The van der Waals surface area contributed by atoms with Crippen LogP contribution in [0.2, 0.25) is 0 Å². The quantitative estimate of drug-likeness (QED) is 0.754. The number of halogens is 1. The van der Waals surface area contributed by atoms with Gasteiger partial charge in [0.25, 0.3) is 5.91 Å². The Hall–Kier alpha value is -3.09. The number of carbonyl (C=O) groups excluding carboxylic acids is 1. The summed E-state index contributed by atoms with van der Waals surface area (Å²) in [5.41, 5.74) is 4.08. The molecule has 2 aromatic heterocycles. The maximum Gasteiger partial charge on any atom is 0.272 e. The topological polar surface area (TPSA) is 74.8 Å². The van der Waals surface area contributed by atoms with Crippen LogP contribution in [0.5, 0.6) is 0 Å². The Balaban J connectivity index is 1.57. The molecule has 1 N–H and O–H groups in total. The normalized spacial score (nSPS) is 17.0. The number of amides is 1. The molecule has 0 spiro atoms. The van der Waals surface area contributed by atoms with E-state index in [9.17, 15) is 9.18 Å². The Morgan fingerprint density at radius 2 is 2.00 bits per heavy atom. The molecule has 1 aliphatic rings. The first-order chi connectivity index (χ1) is 13.5. The molecule has 0 aliphatic carbocycles. The number of likely N-dealkylation sites (tertiary alicyclic amines) is 1. The van der Waals surface area contributed by atoms with E-state index < -0.39 is 0 Å². The van der Waals surface area contributed by atoms with Gasteiger partial charge < -0.3 is 4.90 Å². The van der Waals surface area contributed by atoms with Crippen LogP contribution in [0.4, 0.5) is 4.39 Å². The van der Waals surface area contributed by atoms with Gasteiger partial charge in [0, 0.05) is 36.0 Å². The van der Waals surface area contributed by atoms with Crippen molar-refractivity contribution < 1.29 is 9.18 Å². The lowest BCUT2D eigenvalue weighted by atomic mass is 9.90. The van der Waals surface area contributed by atoms with E-state index in [1.165, 1.54) is 12.1 Å². The standard InChI is InChI=1S/C21H22FN5O/c1-13-10-19(25-14(2)24-13)21(28)27-9-3-4-16(12-27)20-18(11-23-26-20)15-5-7-17(22)8-6-15/h5-8,10-11,16H,3-4,9,12H2,1-2H3,(H,23,26). The van der Waals surface area contributed by atoms with Crippen molar-refractivity contribution in [3.63, 3.8) is 0 Å². The molecule has 144 valence electrons. The van der Waals surface area contributed by atoms with Crippen molar-refractivity contribution in [1.29, 1.82) is 0 Å². The molecule has 1 amide bonds. The summed E-state index contributed by atoms with van der Waals surface area (Å²) < 4.78 is 13.3. The Labute approximate surface area is 162 Å². The van der Waals surface area contributed by atoms with Crippen molar-refractivity contribution in [2.45, 2.75) is 32.6 Å². The lowest BCUT2D eigenvalue weighted by Crippen LogP contribution is -2.39. The van der Waals surface area contributed by atoms with E-state index in [1.807, 2.05) is 11.8 Å². The Bertz CT molecular complexity index is 978. The zero-order chi connectivity index (χ0) is 19.7. The van der Waals surface area contributed by atoms with Crippen LogP contribution in [-0.2, 0) is 0 Å². The maximum absolute atomic E-state index is 13.3. The summed E-state index contributed by atoms with van der Waals surface area (Å²) in [6.07, 6.45) is 3.63. The van der Waals surface area contributed by atoms with Crippen LogP contribution in [0.3, 0.4) is 0 Å². The van der Waals surface area contributed by atoms with E-state index in [-0.39, 0.29) is 17.6 Å². The second-order valence-corrected chi connectivity index (χ2v) is 7.24. The Morgan fingerprint density at radius 3 is 2.75 bits per heavy atom. The first-order valence-corrected chi connectivity index (χ1v) is 9.42. The van der Waals surface area contributed by atoms with Gasteiger partial charge in [-0.1, -0.05) is 12.1 Å². The summed E-state index contributed by atoms with van der Waals surface area (Å²) in [6, 6.07) is 8.13. The molecule has 7 heteroatoms. The summed E-state index contributed by atoms with van der Waals surface area (Å²) in [4.78, 5) is 23.4. The third-order valence-corrected chi connectivity index (χ3v) is 5.13. The van der Waals surface area contributed by atoms with E-state index in [2.05, 4.69) is 20.2 Å². The number of benzene rings is 1. The lowest BCUT2D eigenvalue weighted by molar-refractivity contribution is 0.0699. The molecule has 3 aromatic rings. The second kappa shape index (κ2) is 7.50. The number of nitrogens with zero attached hydrogens (tertiary/aromatic N) is 4. The number of H-pyrrole nitrogens is 1. The maximum atomic E-state index is 13.3. The molecule has 0 bridgehead atoms. The van der Waals surface area contributed by atoms with Crippen molar-refractivity contribution >= 4 is 5.91 Å². The lowest BCUT2D eigenvalue weighted by Gasteiger charge is -2.32. The summed E-state index contributed by atoms with van der Waals surface area (Å²) in [6.45, 7) is 4.96. The fraction of sp³-hybridized carbons (Fsp3) is 0.333. The van der Waals surface area contributed by atoms with Crippen molar-refractivity contribution in [2.24, 2.45) is 0 Å². The minimum absolute atomic E-state index is 0.0684. The van der Waals surface area contributed by atoms with Gasteiger partial charge in [0.15, 0.2) is 0 Å². The zero-order valence-corrected chi connectivity index (χ0v) is 15.9. The number of aromatic nitrogens is 4. The third-order valence-electron chi connectivity index (χ3n) is 5.13. The highest BCUT2D eigenvalue weighted by Crippen LogP contribution is 2.33. The fourth-order valence-electron chi connectivity index (χ4n) is 3.85. The molecule has 1 fully saturated rings. The molecule has 1 atom stereocenters. The number of carbonyl (C=O) groups is 1. The van der Waals surface area contributed by atoms with Crippen LogP contribution in [0.15, 0.2) is 36.5 Å². The molecule has 4 rings (SSSR count). The van der Waals surface area contributed by atoms with E-state index in [1.54, 1.807) is 31.3 Å². The van der Waals surface area contributed by atoms with Gasteiger partial charge in [-0.3, -0.25) is 9.89 Å². The zero-order valence-electron chi connectivity index (χ0n) is 15.9. The average Bonchev–Trinajstić information content (AvgIpc) is 3.17. The molecular weight excluding hydrogens is 357 g/mol. The van der Waals surface area contributed by atoms with E-state index >= 15 is 0 Å². The number of nitrogens with one attached hydrogen (secondary N) is 1. The van der Waals surface area contributed by atoms with Gasteiger partial charge in [0.2, 0.25) is 0 Å². The fourth-order valence-corrected chi connectivity index (χ4v) is 3.85. The molecule has 3 heterocycles. The molecule has 1 unspecified atom stereocenters. The Kier molecular flexibility index (Phi) is 4.90. The van der Waals surface area contributed by atoms with Crippen molar-refractivity contribution in [3.8, 4) is 11.1 Å². The third kappa shape index (κ3) is 3.65. The van der Waals surface area contributed by atoms with Gasteiger partial charge in [-0.05, 0) is 50.5 Å². The van der Waals surface area contributed by atoms with Gasteiger partial charge in [0.05, 0.1) is 6.20 Å². The van der Waals surface area contributed by atoms with E-state index in [0.717, 1.165) is 35.4 Å². The summed E-state index contributed by atoms with van der Waals surface area (Å²) in [5, 5.41) is 7.30. The number of aryl methyl sites for hydroxylation is 2. The summed E-state index contributed by atoms with van der Waals surface area (Å²) in [5.74, 6) is 0.410. The largest absolute Gasteiger partial charge is 0.337 e. The first kappa shape index (κ1) is 18.3. The van der Waals surface area contributed by atoms with Gasteiger partial charge in [-0.25, -0.2) is 14.4 Å². The average molecular weight is 379 g/mol. The molecule has 28 heavy (non-hydrogen) atoms. The molecule has 1 aliphatic heterocycles. The number of aromatic amines is 1. The molecular formula is C21H22FN5O. The van der Waals surface area contributed by atoms with Gasteiger partial charge in [-0.15, -0.1) is 0 Å². The van der Waals surface area contributed by atoms with Crippen LogP contribution < -0.4 is 0 Å². The highest BCUT2D eigenvalue weighted by Gasteiger charge is 2.29. The number of piperidine rings is 1. The van der Waals surface area contributed by atoms with Crippen LogP contribution in [0.25, 0.3) is 11.1 Å². The predicted molar refractivity (Wildman–Crippen MR) is 103 cm³/mol. The molecule has 1 saturated heterocycles. The van der Waals surface area contributed by atoms with E-state index in [4.69, 9.17) is 0 Å². The molecule has 0 saturated carbocycles. The van der Waals surface area contributed by atoms with Crippen molar-refractivity contribution in [2.75, 3.05) is 13.1 Å². The molecule has 6 nitrogen and oxygen atoms in total. The van der Waals surface area contributed by atoms with Crippen LogP contribution in [0.1, 0.15) is 46.5 Å². The smallest absolute Gasteiger partial charge is 0.272 e. The molecule has 1 aromatic carbocycles. The first-order valence-electron chi connectivity index (χ1n) is 9.42. The van der Waals surface area contributed by atoms with Gasteiger partial charge in [0.1, 0.15) is 17.3 Å². The van der Waals surface area contributed by atoms with E-state index in [0.29, 0.717) is 24.6 Å². The number of hydrogen-bond acceptors (Lipinski definition) is 4. The van der Waals surface area contributed by atoms with Crippen molar-refractivity contribution in [3.05, 3.63) is 65.3 Å². The SMILES string of the molecule is Cc1cc(C(=O)N2CCCC(c3[nH]ncc3-c3ccc(F)cc3)C2)nc(C)n1. The van der Waals surface area contributed by atoms with Crippen LogP contribution >= 0.6 is 0 Å². The predicted octanol–water partition coefficient (Wildman–Crippen LogP) is 3.64. The number of hydrogen-bond donors (Lipinski definition) is 1. The molecule has 0 radical (unpaired) electrons. The second-order valence-electron chi connectivity index (χ2n) is 7.24. The summed E-state index contributed by atoms with van der Waals surface area (Å²) >= 11 is 0. The monoisotopic (exact) mass is 379 g/mol. The van der Waals surface area contributed by atoms with Gasteiger partial charge >= 0.3 is 0 Å². The van der Waals surface area contributed by atoms with Crippen LogP contribution in [0, 0.1) is 19.7 Å². The number of rotatable bonds is 3. The van der Waals surface area contributed by atoms with Gasteiger partial charge in [-0.2, -0.15) is 5.10 Å². The van der Waals surface area contributed by atoms with Crippen molar-refractivity contribution in [1.82, 2.24) is 25.1 Å². The summed E-state index contributed by atoms with van der Waals surface area (Å²) in [7, 11) is 0. The minimum Gasteiger partial charge on any atom is -0.337 e. The van der Waals surface area contributed by atoms with Crippen LogP contribution in [-0.4, -0.2) is 44.1 Å². The Morgan fingerprint density at radius 1 is 1.21 bits per heavy atom. The highest BCUT2D eigenvalue weighted by molar-refractivity contribution is 5.92. The highest BCUT2D eigenvalue weighted by atomic mass is 19.1. The minimum atomic E-state index is -0.265.